The summed E-state index contributed by atoms with van der Waals surface area (Å²) in [4.78, 5) is 11.2. The van der Waals surface area contributed by atoms with Crippen LogP contribution in [0.1, 0.15) is 19.3 Å². The van der Waals surface area contributed by atoms with Crippen molar-refractivity contribution >= 4 is 5.78 Å². The smallest absolute Gasteiger partial charge is 0.133 e. The first-order valence-corrected chi connectivity index (χ1v) is 4.75. The van der Waals surface area contributed by atoms with Crippen LogP contribution in [0, 0.1) is 11.8 Å². The summed E-state index contributed by atoms with van der Waals surface area (Å²) in [5, 5.41) is 0. The van der Waals surface area contributed by atoms with Crippen LogP contribution in [-0.4, -0.2) is 12.9 Å². The van der Waals surface area contributed by atoms with E-state index in [0.717, 1.165) is 18.6 Å². The molecule has 2 unspecified atom stereocenters. The summed E-state index contributed by atoms with van der Waals surface area (Å²) < 4.78 is 5.16. The molecule has 0 spiro atoms. The van der Waals surface area contributed by atoms with Gasteiger partial charge in [0, 0.05) is 12.8 Å². The molecule has 2 nitrogen and oxygen atoms in total. The molecule has 0 aromatic rings. The van der Waals surface area contributed by atoms with Gasteiger partial charge in [-0.3, -0.25) is 4.79 Å². The lowest BCUT2D eigenvalue weighted by molar-refractivity contribution is -0.121. The lowest BCUT2D eigenvalue weighted by Crippen LogP contribution is -2.24. The largest absolute Gasteiger partial charge is 0.497 e. The molecule has 1 fully saturated rings. The van der Waals surface area contributed by atoms with Gasteiger partial charge in [-0.25, -0.2) is 0 Å². The second-order valence-electron chi connectivity index (χ2n) is 3.74. The highest BCUT2D eigenvalue weighted by molar-refractivity contribution is 5.79. The van der Waals surface area contributed by atoms with Crippen LogP contribution >= 0.6 is 0 Å². The summed E-state index contributed by atoms with van der Waals surface area (Å²) >= 11 is 0. The van der Waals surface area contributed by atoms with E-state index in [4.69, 9.17) is 4.74 Å². The fraction of sp³-hybridized carbons (Fsp3) is 0.545. The fourth-order valence-electron chi connectivity index (χ4n) is 2.10. The minimum absolute atomic E-state index is 0.403. The van der Waals surface area contributed by atoms with Crippen LogP contribution in [-0.2, 0) is 9.53 Å². The Morgan fingerprint density at radius 1 is 1.46 bits per heavy atom. The van der Waals surface area contributed by atoms with E-state index < -0.39 is 0 Å². The zero-order chi connectivity index (χ0) is 9.26. The average molecular weight is 178 g/mol. The summed E-state index contributed by atoms with van der Waals surface area (Å²) in [7, 11) is 1.68. The Bertz CT molecular complexity index is 276. The minimum atomic E-state index is 0.403. The number of Topliss-reactive ketones (excluding diaryl/α,β-unsaturated/α-hetero) is 1. The number of carbonyl (C=O) groups excluding carboxylic acids is 1. The van der Waals surface area contributed by atoms with Crippen molar-refractivity contribution in [1.82, 2.24) is 0 Å². The predicted molar refractivity (Wildman–Crippen MR) is 50.1 cm³/mol. The number of carbonyl (C=O) groups is 1. The van der Waals surface area contributed by atoms with Crippen LogP contribution in [0.4, 0.5) is 0 Å². The zero-order valence-corrected chi connectivity index (χ0v) is 7.82. The lowest BCUT2D eigenvalue weighted by atomic mass is 9.76. The van der Waals surface area contributed by atoms with Gasteiger partial charge in [0.2, 0.25) is 0 Å². The van der Waals surface area contributed by atoms with E-state index >= 15 is 0 Å². The van der Waals surface area contributed by atoms with Gasteiger partial charge in [0.05, 0.1) is 7.11 Å². The van der Waals surface area contributed by atoms with Crippen LogP contribution < -0.4 is 0 Å². The van der Waals surface area contributed by atoms with Gasteiger partial charge in [-0.15, -0.1) is 0 Å². The Morgan fingerprint density at radius 3 is 3.08 bits per heavy atom. The van der Waals surface area contributed by atoms with E-state index in [-0.39, 0.29) is 0 Å². The number of fused-ring (bicyclic) bond motifs is 1. The Morgan fingerprint density at radius 2 is 2.31 bits per heavy atom. The SMILES string of the molecule is COC1=CC2CCC(=O)CC2C=C1. The van der Waals surface area contributed by atoms with E-state index in [1.54, 1.807) is 7.11 Å². The summed E-state index contributed by atoms with van der Waals surface area (Å²) in [5.41, 5.74) is 0. The van der Waals surface area contributed by atoms with Crippen molar-refractivity contribution in [2.45, 2.75) is 19.3 Å². The van der Waals surface area contributed by atoms with Crippen molar-refractivity contribution in [2.24, 2.45) is 11.8 Å². The molecule has 0 heterocycles. The van der Waals surface area contributed by atoms with Gasteiger partial charge in [-0.05, 0) is 30.4 Å². The highest BCUT2D eigenvalue weighted by Crippen LogP contribution is 2.34. The molecule has 2 atom stereocenters. The van der Waals surface area contributed by atoms with Crippen molar-refractivity contribution in [3.8, 4) is 0 Å². The summed E-state index contributed by atoms with van der Waals surface area (Å²) in [6.45, 7) is 0. The summed E-state index contributed by atoms with van der Waals surface area (Å²) in [6.07, 6.45) is 8.68. The summed E-state index contributed by atoms with van der Waals surface area (Å²) in [6, 6.07) is 0. The van der Waals surface area contributed by atoms with Gasteiger partial charge < -0.3 is 4.74 Å². The van der Waals surface area contributed by atoms with Gasteiger partial charge in [-0.2, -0.15) is 0 Å². The highest BCUT2D eigenvalue weighted by atomic mass is 16.5. The number of ether oxygens (including phenoxy) is 1. The third kappa shape index (κ3) is 1.67. The molecule has 0 saturated heterocycles. The van der Waals surface area contributed by atoms with E-state index in [2.05, 4.69) is 12.2 Å². The van der Waals surface area contributed by atoms with E-state index in [1.807, 2.05) is 6.08 Å². The normalized spacial score (nSPS) is 32.4. The third-order valence-electron chi connectivity index (χ3n) is 2.89. The quantitative estimate of drug-likeness (QED) is 0.614. The Labute approximate surface area is 78.3 Å². The average Bonchev–Trinajstić information content (AvgIpc) is 2.17. The van der Waals surface area contributed by atoms with Crippen LogP contribution in [0.5, 0.6) is 0 Å². The Balaban J connectivity index is 2.11. The van der Waals surface area contributed by atoms with E-state index in [0.29, 0.717) is 24.0 Å². The molecule has 0 bridgehead atoms. The molecule has 1 saturated carbocycles. The summed E-state index contributed by atoms with van der Waals surface area (Å²) in [5.74, 6) is 2.30. The van der Waals surface area contributed by atoms with E-state index in [1.165, 1.54) is 0 Å². The molecule has 0 aromatic carbocycles. The number of hydrogen-bond donors (Lipinski definition) is 0. The topological polar surface area (TPSA) is 26.3 Å². The van der Waals surface area contributed by atoms with Crippen molar-refractivity contribution in [1.29, 1.82) is 0 Å². The fourth-order valence-corrected chi connectivity index (χ4v) is 2.10. The lowest BCUT2D eigenvalue weighted by Gasteiger charge is -2.29. The molecule has 70 valence electrons. The molecule has 13 heavy (non-hydrogen) atoms. The van der Waals surface area contributed by atoms with Crippen molar-refractivity contribution in [3.05, 3.63) is 24.0 Å². The van der Waals surface area contributed by atoms with Gasteiger partial charge in [0.15, 0.2) is 0 Å². The molecule has 0 radical (unpaired) electrons. The van der Waals surface area contributed by atoms with Gasteiger partial charge in [0.25, 0.3) is 0 Å². The van der Waals surface area contributed by atoms with Crippen LogP contribution in [0.15, 0.2) is 24.0 Å². The molecule has 0 amide bonds. The predicted octanol–water partition coefficient (Wildman–Crippen LogP) is 2.07. The minimum Gasteiger partial charge on any atom is -0.497 e. The van der Waals surface area contributed by atoms with Crippen molar-refractivity contribution in [3.63, 3.8) is 0 Å². The monoisotopic (exact) mass is 178 g/mol. The molecule has 2 aliphatic carbocycles. The van der Waals surface area contributed by atoms with Gasteiger partial charge >= 0.3 is 0 Å². The second-order valence-corrected chi connectivity index (χ2v) is 3.74. The molecule has 2 rings (SSSR count). The molecule has 2 aliphatic rings. The number of allylic oxidation sites excluding steroid dienone is 3. The molecule has 0 aliphatic heterocycles. The zero-order valence-electron chi connectivity index (χ0n) is 7.82. The first-order chi connectivity index (χ1) is 6.29. The number of ketones is 1. The standard InChI is InChI=1S/C11H14O2/c1-13-11-5-3-8-6-10(12)4-2-9(8)7-11/h3,5,7-9H,2,4,6H2,1H3. The Kier molecular flexibility index (Phi) is 2.21. The van der Waals surface area contributed by atoms with Crippen LogP contribution in [0.2, 0.25) is 0 Å². The van der Waals surface area contributed by atoms with Gasteiger partial charge in [0.1, 0.15) is 11.5 Å². The molecule has 0 aromatic heterocycles. The maximum Gasteiger partial charge on any atom is 0.133 e. The molecular formula is C11H14O2. The van der Waals surface area contributed by atoms with E-state index in [9.17, 15) is 4.79 Å². The van der Waals surface area contributed by atoms with Crippen LogP contribution in [0.3, 0.4) is 0 Å². The number of rotatable bonds is 1. The third-order valence-corrected chi connectivity index (χ3v) is 2.89. The van der Waals surface area contributed by atoms with Crippen molar-refractivity contribution in [2.75, 3.05) is 7.11 Å². The Hall–Kier alpha value is -1.05. The van der Waals surface area contributed by atoms with Gasteiger partial charge in [-0.1, -0.05) is 6.08 Å². The number of hydrogen-bond acceptors (Lipinski definition) is 2. The number of methoxy groups -OCH3 is 1. The maximum atomic E-state index is 11.2. The first-order valence-electron chi connectivity index (χ1n) is 4.75. The molecule has 2 heteroatoms. The van der Waals surface area contributed by atoms with Crippen LogP contribution in [0.25, 0.3) is 0 Å². The second kappa shape index (κ2) is 3.36. The molecule has 0 N–H and O–H groups in total. The maximum absolute atomic E-state index is 11.2. The molecular weight excluding hydrogens is 164 g/mol. The first kappa shape index (κ1) is 8.54. The highest BCUT2D eigenvalue weighted by Gasteiger charge is 2.28. The van der Waals surface area contributed by atoms with Crippen molar-refractivity contribution < 1.29 is 9.53 Å².